The fourth-order valence-corrected chi connectivity index (χ4v) is 4.00. The summed E-state index contributed by atoms with van der Waals surface area (Å²) in [6, 6.07) is 18.1. The van der Waals surface area contributed by atoms with Gasteiger partial charge in [0.15, 0.2) is 11.5 Å². The van der Waals surface area contributed by atoms with Gasteiger partial charge in [0.05, 0.1) is 38.9 Å². The molecule has 4 rings (SSSR count). The van der Waals surface area contributed by atoms with E-state index in [0.717, 1.165) is 39.3 Å². The van der Waals surface area contributed by atoms with Crippen LogP contribution in [0.4, 0.5) is 0 Å². The van der Waals surface area contributed by atoms with Gasteiger partial charge in [-0.1, -0.05) is 30.3 Å². The molecule has 1 aromatic heterocycles. The van der Waals surface area contributed by atoms with Crippen molar-refractivity contribution in [2.75, 3.05) is 27.9 Å². The van der Waals surface area contributed by atoms with Gasteiger partial charge in [0.1, 0.15) is 18.2 Å². The lowest BCUT2D eigenvalue weighted by molar-refractivity contribution is 0.297. The number of hydrogen-bond donors (Lipinski definition) is 0. The molecule has 0 fully saturated rings. The zero-order valence-corrected chi connectivity index (χ0v) is 19.1. The summed E-state index contributed by atoms with van der Waals surface area (Å²) in [7, 11) is 4.82. The highest BCUT2D eigenvalue weighted by atomic mass is 16.5. The number of ether oxygens (including phenoxy) is 4. The number of hydrogen-bond acceptors (Lipinski definition) is 5. The van der Waals surface area contributed by atoms with Gasteiger partial charge in [-0.15, -0.1) is 0 Å². The van der Waals surface area contributed by atoms with Gasteiger partial charge in [0, 0.05) is 5.56 Å². The van der Waals surface area contributed by atoms with Gasteiger partial charge in [0.25, 0.3) is 0 Å². The second-order valence-corrected chi connectivity index (χ2v) is 7.56. The Kier molecular flexibility index (Phi) is 6.21. The maximum Gasteiger partial charge on any atom is 0.203 e. The van der Waals surface area contributed by atoms with Crippen LogP contribution in [0.5, 0.6) is 23.0 Å². The predicted molar refractivity (Wildman–Crippen MR) is 126 cm³/mol. The average Bonchev–Trinajstić information content (AvgIpc) is 3.18. The Morgan fingerprint density at radius 3 is 2.06 bits per heavy atom. The minimum absolute atomic E-state index is 0.517. The van der Waals surface area contributed by atoms with Crippen molar-refractivity contribution in [3.63, 3.8) is 0 Å². The topological polar surface area (TPSA) is 54.7 Å². The summed E-state index contributed by atoms with van der Waals surface area (Å²) in [6.45, 7) is 5.29. The Morgan fingerprint density at radius 1 is 0.781 bits per heavy atom. The summed E-state index contributed by atoms with van der Waals surface area (Å²) in [5.74, 6) is 3.49. The highest BCUT2D eigenvalue weighted by molar-refractivity contribution is 5.81. The summed E-state index contributed by atoms with van der Waals surface area (Å²) in [5.41, 5.74) is 5.10. The van der Waals surface area contributed by atoms with Crippen molar-refractivity contribution in [2.24, 2.45) is 0 Å². The van der Waals surface area contributed by atoms with E-state index < -0.39 is 0 Å². The Hall–Kier alpha value is -3.67. The molecule has 0 bridgehead atoms. The number of benzene rings is 3. The van der Waals surface area contributed by atoms with Gasteiger partial charge < -0.3 is 23.5 Å². The van der Waals surface area contributed by atoms with Crippen molar-refractivity contribution < 1.29 is 18.9 Å². The molecule has 0 saturated carbocycles. The number of aryl methyl sites for hydroxylation is 2. The van der Waals surface area contributed by atoms with Crippen LogP contribution in [0.15, 0.2) is 54.6 Å². The minimum atomic E-state index is 0.517. The molecule has 32 heavy (non-hydrogen) atoms. The van der Waals surface area contributed by atoms with E-state index >= 15 is 0 Å². The van der Waals surface area contributed by atoms with Crippen LogP contribution in [-0.4, -0.2) is 37.5 Å². The third kappa shape index (κ3) is 3.96. The van der Waals surface area contributed by atoms with E-state index in [2.05, 4.69) is 36.6 Å². The van der Waals surface area contributed by atoms with Crippen molar-refractivity contribution in [1.82, 2.24) is 9.55 Å². The number of fused-ring (bicyclic) bond motifs is 1. The van der Waals surface area contributed by atoms with E-state index in [1.54, 1.807) is 21.3 Å². The summed E-state index contributed by atoms with van der Waals surface area (Å²) in [5, 5.41) is 0. The average molecular weight is 433 g/mol. The van der Waals surface area contributed by atoms with Gasteiger partial charge in [-0.05, 0) is 49.2 Å². The van der Waals surface area contributed by atoms with Crippen LogP contribution in [0, 0.1) is 13.8 Å². The maximum atomic E-state index is 6.19. The highest BCUT2D eigenvalue weighted by Crippen LogP contribution is 2.41. The van der Waals surface area contributed by atoms with Crippen LogP contribution in [0.25, 0.3) is 22.4 Å². The zero-order chi connectivity index (χ0) is 22.7. The molecule has 6 heteroatoms. The summed E-state index contributed by atoms with van der Waals surface area (Å²) >= 11 is 0. The van der Waals surface area contributed by atoms with Gasteiger partial charge in [-0.2, -0.15) is 0 Å². The van der Waals surface area contributed by atoms with E-state index in [9.17, 15) is 0 Å². The standard InChI is InChI=1S/C26H28N2O4/c1-17-9-8-10-18(2)24(17)32-14-13-28-21-12-7-6-11-20(21)27-26(28)19-15-22(29-3)25(31-5)23(16-19)30-4/h6-12,15-16H,13-14H2,1-5H3. The molecule has 0 atom stereocenters. The molecule has 0 spiro atoms. The third-order valence-corrected chi connectivity index (χ3v) is 5.55. The normalized spacial score (nSPS) is 10.9. The van der Waals surface area contributed by atoms with E-state index in [0.29, 0.717) is 30.4 Å². The van der Waals surface area contributed by atoms with Crippen LogP contribution >= 0.6 is 0 Å². The van der Waals surface area contributed by atoms with Gasteiger partial charge in [0.2, 0.25) is 5.75 Å². The predicted octanol–water partition coefficient (Wildman–Crippen LogP) is 5.42. The molecule has 0 N–H and O–H groups in total. The quantitative estimate of drug-likeness (QED) is 0.372. The van der Waals surface area contributed by atoms with Crippen LogP contribution in [0.2, 0.25) is 0 Å². The van der Waals surface area contributed by atoms with Gasteiger partial charge >= 0.3 is 0 Å². The van der Waals surface area contributed by atoms with E-state index in [4.69, 9.17) is 23.9 Å². The van der Waals surface area contributed by atoms with Crippen molar-refractivity contribution in [2.45, 2.75) is 20.4 Å². The smallest absolute Gasteiger partial charge is 0.203 e. The molecular weight excluding hydrogens is 404 g/mol. The molecule has 0 aliphatic rings. The number of nitrogens with zero attached hydrogens (tertiary/aromatic N) is 2. The molecule has 4 aromatic rings. The zero-order valence-electron chi connectivity index (χ0n) is 19.1. The fourth-order valence-electron chi connectivity index (χ4n) is 4.00. The lowest BCUT2D eigenvalue weighted by atomic mass is 10.1. The first-order valence-corrected chi connectivity index (χ1v) is 10.5. The Labute approximate surface area is 188 Å². The monoisotopic (exact) mass is 432 g/mol. The molecular formula is C26H28N2O4. The second kappa shape index (κ2) is 9.22. The van der Waals surface area contributed by atoms with Crippen molar-refractivity contribution in [1.29, 1.82) is 0 Å². The van der Waals surface area contributed by atoms with Gasteiger partial charge in [-0.25, -0.2) is 4.98 Å². The molecule has 0 aliphatic carbocycles. The number of para-hydroxylation sites is 3. The summed E-state index contributed by atoms with van der Waals surface area (Å²) in [6.07, 6.45) is 0. The van der Waals surface area contributed by atoms with Crippen molar-refractivity contribution >= 4 is 11.0 Å². The summed E-state index contributed by atoms with van der Waals surface area (Å²) in [4.78, 5) is 4.91. The third-order valence-electron chi connectivity index (χ3n) is 5.55. The van der Waals surface area contributed by atoms with Crippen molar-refractivity contribution in [3.05, 3.63) is 65.7 Å². The molecule has 0 unspecified atom stereocenters. The van der Waals surface area contributed by atoms with Crippen LogP contribution in [0.3, 0.4) is 0 Å². The molecule has 166 valence electrons. The van der Waals surface area contributed by atoms with Crippen molar-refractivity contribution in [3.8, 4) is 34.4 Å². The SMILES string of the molecule is COc1cc(-c2nc3ccccc3n2CCOc2c(C)cccc2C)cc(OC)c1OC. The molecule has 0 saturated heterocycles. The number of rotatable bonds is 8. The fraction of sp³-hybridized carbons (Fsp3) is 0.269. The number of methoxy groups -OCH3 is 3. The molecule has 0 amide bonds. The Balaban J connectivity index is 1.74. The molecule has 1 heterocycles. The first-order chi connectivity index (χ1) is 15.6. The molecule has 6 nitrogen and oxygen atoms in total. The first-order valence-electron chi connectivity index (χ1n) is 10.5. The highest BCUT2D eigenvalue weighted by Gasteiger charge is 2.19. The minimum Gasteiger partial charge on any atom is -0.493 e. The maximum absolute atomic E-state index is 6.19. The van der Waals surface area contributed by atoms with E-state index in [1.807, 2.05) is 36.4 Å². The van der Waals surface area contributed by atoms with Crippen LogP contribution in [0.1, 0.15) is 11.1 Å². The molecule has 0 aliphatic heterocycles. The summed E-state index contributed by atoms with van der Waals surface area (Å²) < 4.78 is 24.9. The largest absolute Gasteiger partial charge is 0.493 e. The second-order valence-electron chi connectivity index (χ2n) is 7.56. The number of aromatic nitrogens is 2. The molecule has 0 radical (unpaired) electrons. The Bertz CT molecular complexity index is 1200. The van der Waals surface area contributed by atoms with Crippen LogP contribution in [-0.2, 0) is 6.54 Å². The number of imidazole rings is 1. The first kappa shape index (κ1) is 21.6. The lowest BCUT2D eigenvalue weighted by Gasteiger charge is -2.16. The Morgan fingerprint density at radius 2 is 1.44 bits per heavy atom. The lowest BCUT2D eigenvalue weighted by Crippen LogP contribution is -2.11. The van der Waals surface area contributed by atoms with E-state index in [1.165, 1.54) is 0 Å². The van der Waals surface area contributed by atoms with Gasteiger partial charge in [-0.3, -0.25) is 0 Å². The van der Waals surface area contributed by atoms with E-state index in [-0.39, 0.29) is 0 Å². The van der Waals surface area contributed by atoms with Crippen LogP contribution < -0.4 is 18.9 Å². The molecule has 3 aromatic carbocycles.